The van der Waals surface area contributed by atoms with Crippen molar-refractivity contribution in [2.45, 2.75) is 20.8 Å². The first-order valence-electron chi connectivity index (χ1n) is 4.84. The quantitative estimate of drug-likeness (QED) is 0.419. The van der Waals surface area contributed by atoms with Gasteiger partial charge in [0.05, 0.1) is 0 Å². The molecule has 0 bridgehead atoms. The molecule has 0 aliphatic carbocycles. The monoisotopic (exact) mass is 203 g/mol. The lowest BCUT2D eigenvalue weighted by atomic mass is 9.96. The van der Waals surface area contributed by atoms with Gasteiger partial charge in [-0.15, -0.1) is 0 Å². The minimum atomic E-state index is -0.351. The van der Waals surface area contributed by atoms with Crippen molar-refractivity contribution in [2.24, 2.45) is 5.41 Å². The molecule has 0 N–H and O–H groups in total. The van der Waals surface area contributed by atoms with Crippen LogP contribution in [0.3, 0.4) is 0 Å². The van der Waals surface area contributed by atoms with E-state index in [9.17, 15) is 4.79 Å². The summed E-state index contributed by atoms with van der Waals surface area (Å²) in [7, 11) is 0. The number of hydrogen-bond donors (Lipinski definition) is 0. The summed E-state index contributed by atoms with van der Waals surface area (Å²) < 4.78 is 5.06. The van der Waals surface area contributed by atoms with Crippen molar-refractivity contribution >= 4 is 5.97 Å². The molecule has 2 heteroatoms. The van der Waals surface area contributed by atoms with Crippen molar-refractivity contribution < 1.29 is 9.53 Å². The average Bonchev–Trinajstić information content (AvgIpc) is 2.15. The molecule has 1 radical (unpaired) electrons. The van der Waals surface area contributed by atoms with Gasteiger partial charge < -0.3 is 4.74 Å². The van der Waals surface area contributed by atoms with E-state index in [1.165, 1.54) is 6.08 Å². The van der Waals surface area contributed by atoms with Crippen molar-refractivity contribution in [1.82, 2.24) is 0 Å². The van der Waals surface area contributed by atoms with Gasteiger partial charge in [-0.2, -0.15) is 0 Å². The Morgan fingerprint density at radius 2 is 1.93 bits per heavy atom. The van der Waals surface area contributed by atoms with Gasteiger partial charge >= 0.3 is 5.97 Å². The van der Waals surface area contributed by atoms with Gasteiger partial charge in [0.2, 0.25) is 0 Å². The van der Waals surface area contributed by atoms with E-state index in [-0.39, 0.29) is 11.4 Å². The van der Waals surface area contributed by atoms with E-state index in [1.54, 1.807) is 24.3 Å². The predicted octanol–water partition coefficient (Wildman–Crippen LogP) is 2.99. The van der Waals surface area contributed by atoms with Crippen LogP contribution in [0.4, 0.5) is 0 Å². The summed E-state index contributed by atoms with van der Waals surface area (Å²) in [5.74, 6) is 0.188. The van der Waals surface area contributed by atoms with E-state index >= 15 is 0 Å². The highest BCUT2D eigenvalue weighted by Gasteiger charge is 2.06. The fourth-order valence-corrected chi connectivity index (χ4v) is 0.908. The summed E-state index contributed by atoms with van der Waals surface area (Å²) in [6.45, 7) is 6.07. The first-order valence-corrected chi connectivity index (χ1v) is 4.84. The molecular formula is C13H15O2. The van der Waals surface area contributed by atoms with Crippen LogP contribution >= 0.6 is 0 Å². The van der Waals surface area contributed by atoms with Crippen LogP contribution in [0, 0.1) is 11.5 Å². The van der Waals surface area contributed by atoms with Crippen LogP contribution in [-0.4, -0.2) is 5.97 Å². The smallest absolute Gasteiger partial charge is 0.335 e. The Kier molecular flexibility index (Phi) is 3.67. The summed E-state index contributed by atoms with van der Waals surface area (Å²) in [5, 5.41) is 0. The maximum Gasteiger partial charge on any atom is 0.335 e. The van der Waals surface area contributed by atoms with Crippen molar-refractivity contribution in [3.8, 4) is 5.75 Å². The van der Waals surface area contributed by atoms with Crippen LogP contribution in [0.1, 0.15) is 20.8 Å². The molecule has 1 rings (SSSR count). The minimum Gasteiger partial charge on any atom is -0.423 e. The Labute approximate surface area is 90.6 Å². The van der Waals surface area contributed by atoms with Crippen LogP contribution in [0.25, 0.3) is 0 Å². The molecule has 15 heavy (non-hydrogen) atoms. The first-order chi connectivity index (χ1) is 6.97. The Morgan fingerprint density at radius 3 is 2.47 bits per heavy atom. The molecule has 0 spiro atoms. The molecule has 1 aromatic carbocycles. The summed E-state index contributed by atoms with van der Waals surface area (Å²) in [6, 6.07) is 9.66. The van der Waals surface area contributed by atoms with E-state index in [4.69, 9.17) is 4.74 Å². The maximum atomic E-state index is 11.3. The van der Waals surface area contributed by atoms with E-state index in [0.717, 1.165) is 0 Å². The number of hydrogen-bond acceptors (Lipinski definition) is 2. The van der Waals surface area contributed by atoms with Crippen molar-refractivity contribution in [3.63, 3.8) is 0 Å². The number of benzene rings is 1. The molecule has 0 aromatic heterocycles. The lowest BCUT2D eigenvalue weighted by Gasteiger charge is -2.10. The summed E-state index contributed by atoms with van der Waals surface area (Å²) in [4.78, 5) is 11.3. The van der Waals surface area contributed by atoms with Gasteiger partial charge in [0, 0.05) is 6.08 Å². The fraction of sp³-hybridized carbons (Fsp3) is 0.308. The molecule has 0 aliphatic heterocycles. The molecular weight excluding hydrogens is 188 g/mol. The molecule has 0 amide bonds. The Hall–Kier alpha value is -1.57. The van der Waals surface area contributed by atoms with Crippen LogP contribution in [-0.2, 0) is 4.79 Å². The van der Waals surface area contributed by atoms with Crippen molar-refractivity contribution in [3.05, 3.63) is 42.5 Å². The van der Waals surface area contributed by atoms with Gasteiger partial charge in [-0.05, 0) is 23.6 Å². The lowest BCUT2D eigenvalue weighted by Crippen LogP contribution is -2.06. The molecule has 0 fully saturated rings. The van der Waals surface area contributed by atoms with Gasteiger partial charge in [-0.1, -0.05) is 39.0 Å². The number of ether oxygens (including phenoxy) is 1. The molecule has 79 valence electrons. The highest BCUT2D eigenvalue weighted by Crippen LogP contribution is 2.15. The SMILES string of the molecule is CC(C)(C)C=CC(=O)Oc1cc[c]cc1. The molecule has 0 aliphatic rings. The molecule has 0 unspecified atom stereocenters. The minimum absolute atomic E-state index is 0.0104. The molecule has 0 atom stereocenters. The topological polar surface area (TPSA) is 26.3 Å². The van der Waals surface area contributed by atoms with Crippen LogP contribution in [0.5, 0.6) is 5.75 Å². The molecule has 2 nitrogen and oxygen atoms in total. The number of carbonyl (C=O) groups excluding carboxylic acids is 1. The zero-order valence-corrected chi connectivity index (χ0v) is 9.28. The molecule has 0 heterocycles. The number of carbonyl (C=O) groups is 1. The fourth-order valence-electron chi connectivity index (χ4n) is 0.908. The Morgan fingerprint density at radius 1 is 1.33 bits per heavy atom. The standard InChI is InChI=1S/C13H15O2/c1-13(2,3)10-9-12(14)15-11-7-5-4-6-8-11/h5-10H,1-3H3. The zero-order chi connectivity index (χ0) is 11.3. The second kappa shape index (κ2) is 4.78. The van der Waals surface area contributed by atoms with Crippen LogP contribution in [0.15, 0.2) is 36.4 Å². The molecule has 0 saturated heterocycles. The first kappa shape index (κ1) is 11.5. The highest BCUT2D eigenvalue weighted by molar-refractivity contribution is 5.84. The second-order valence-electron chi connectivity index (χ2n) is 4.36. The molecule has 1 aromatic rings. The van der Waals surface area contributed by atoms with Gasteiger partial charge in [0.15, 0.2) is 0 Å². The van der Waals surface area contributed by atoms with Crippen molar-refractivity contribution in [1.29, 1.82) is 0 Å². The average molecular weight is 203 g/mol. The molecule has 0 saturated carbocycles. The van der Waals surface area contributed by atoms with E-state index in [0.29, 0.717) is 5.75 Å². The van der Waals surface area contributed by atoms with E-state index < -0.39 is 0 Å². The maximum absolute atomic E-state index is 11.3. The van der Waals surface area contributed by atoms with Gasteiger partial charge in [0.25, 0.3) is 0 Å². The van der Waals surface area contributed by atoms with Crippen LogP contribution in [0.2, 0.25) is 0 Å². The highest BCUT2D eigenvalue weighted by atomic mass is 16.5. The number of rotatable bonds is 2. The number of esters is 1. The predicted molar refractivity (Wildman–Crippen MR) is 59.5 cm³/mol. The number of allylic oxidation sites excluding steroid dienone is 1. The van der Waals surface area contributed by atoms with Gasteiger partial charge in [-0.25, -0.2) is 4.79 Å². The third-order valence-electron chi connectivity index (χ3n) is 1.63. The zero-order valence-electron chi connectivity index (χ0n) is 9.28. The summed E-state index contributed by atoms with van der Waals surface area (Å²) >= 11 is 0. The largest absolute Gasteiger partial charge is 0.423 e. The summed E-state index contributed by atoms with van der Waals surface area (Å²) in [5.41, 5.74) is -0.0104. The third-order valence-corrected chi connectivity index (χ3v) is 1.63. The van der Waals surface area contributed by atoms with E-state index in [2.05, 4.69) is 6.07 Å². The van der Waals surface area contributed by atoms with Gasteiger partial charge in [0.1, 0.15) is 5.75 Å². The van der Waals surface area contributed by atoms with Gasteiger partial charge in [-0.3, -0.25) is 0 Å². The Balaban J connectivity index is 2.55. The normalized spacial score (nSPS) is 11.7. The van der Waals surface area contributed by atoms with Crippen LogP contribution < -0.4 is 4.74 Å². The lowest BCUT2D eigenvalue weighted by molar-refractivity contribution is -0.129. The van der Waals surface area contributed by atoms with Crippen molar-refractivity contribution in [2.75, 3.05) is 0 Å². The second-order valence-corrected chi connectivity index (χ2v) is 4.36. The van der Waals surface area contributed by atoms with E-state index in [1.807, 2.05) is 26.8 Å². The summed E-state index contributed by atoms with van der Waals surface area (Å²) in [6.07, 6.45) is 3.28. The third kappa shape index (κ3) is 5.01. The Bertz CT molecular complexity index is 345.